The quantitative estimate of drug-likeness (QED) is 0.586. The summed E-state index contributed by atoms with van der Waals surface area (Å²) in [4.78, 5) is 2.44. The Labute approximate surface area is 78.1 Å². The third-order valence-corrected chi connectivity index (χ3v) is 2.39. The maximum absolute atomic E-state index is 2.44. The summed E-state index contributed by atoms with van der Waals surface area (Å²) >= 11 is 0. The lowest BCUT2D eigenvalue weighted by molar-refractivity contribution is 0.289. The van der Waals surface area contributed by atoms with E-state index in [4.69, 9.17) is 0 Å². The summed E-state index contributed by atoms with van der Waals surface area (Å²) in [6.07, 6.45) is 2.80. The predicted molar refractivity (Wildman–Crippen MR) is 56.4 cm³/mol. The van der Waals surface area contributed by atoms with E-state index >= 15 is 0 Å². The molecule has 0 aromatic rings. The Morgan fingerprint density at radius 3 is 2.25 bits per heavy atom. The molecule has 0 aromatic carbocycles. The second-order valence-corrected chi connectivity index (χ2v) is 5.18. The molecule has 0 radical (unpaired) electrons. The largest absolute Gasteiger partial charge is 0.306 e. The monoisotopic (exact) mass is 171 g/mol. The van der Waals surface area contributed by atoms with E-state index in [0.29, 0.717) is 5.41 Å². The van der Waals surface area contributed by atoms with Crippen molar-refractivity contribution >= 4 is 0 Å². The Morgan fingerprint density at radius 2 is 1.92 bits per heavy atom. The van der Waals surface area contributed by atoms with Crippen molar-refractivity contribution in [1.29, 1.82) is 0 Å². The van der Waals surface area contributed by atoms with Gasteiger partial charge in [0.25, 0.3) is 0 Å². The Balaban J connectivity index is 0.00000121. The molecule has 1 fully saturated rings. The van der Waals surface area contributed by atoms with Crippen molar-refractivity contribution in [1.82, 2.24) is 4.90 Å². The molecule has 1 atom stereocenters. The third-order valence-electron chi connectivity index (χ3n) is 2.39. The van der Waals surface area contributed by atoms with E-state index in [0.717, 1.165) is 5.92 Å². The van der Waals surface area contributed by atoms with Gasteiger partial charge < -0.3 is 4.90 Å². The first kappa shape index (κ1) is 12.0. The molecule has 0 bridgehead atoms. The van der Waals surface area contributed by atoms with Gasteiger partial charge in [-0.15, -0.1) is 0 Å². The lowest BCUT2D eigenvalue weighted by atomic mass is 9.84. The molecule has 0 N–H and O–H groups in total. The average Bonchev–Trinajstić information content (AvgIpc) is 2.10. The van der Waals surface area contributed by atoms with Crippen molar-refractivity contribution in [2.45, 2.75) is 41.0 Å². The molecule has 1 heterocycles. The molecule has 1 nitrogen and oxygen atoms in total. The second-order valence-electron chi connectivity index (χ2n) is 5.18. The molecule has 1 aliphatic rings. The normalized spacial score (nSPS) is 25.5. The van der Waals surface area contributed by atoms with Crippen LogP contribution in [0.25, 0.3) is 0 Å². The first-order valence-electron chi connectivity index (χ1n) is 4.66. The molecule has 12 heavy (non-hydrogen) atoms. The van der Waals surface area contributed by atoms with Gasteiger partial charge in [-0.25, -0.2) is 0 Å². The van der Waals surface area contributed by atoms with Crippen LogP contribution in [-0.4, -0.2) is 25.0 Å². The Bertz CT molecular complexity index is 123. The zero-order valence-corrected chi connectivity index (χ0v) is 8.35. The van der Waals surface area contributed by atoms with Crippen LogP contribution in [0.1, 0.15) is 41.0 Å². The van der Waals surface area contributed by atoms with E-state index in [9.17, 15) is 0 Å². The molecule has 0 aliphatic carbocycles. The molecular formula is C11H25N. The Hall–Kier alpha value is -0.0400. The lowest BCUT2D eigenvalue weighted by Gasteiger charge is -2.22. The van der Waals surface area contributed by atoms with Crippen LogP contribution in [0.2, 0.25) is 0 Å². The average molecular weight is 171 g/mol. The summed E-state index contributed by atoms with van der Waals surface area (Å²) in [7, 11) is 2.22. The minimum Gasteiger partial charge on any atom is -0.306 e. The van der Waals surface area contributed by atoms with Gasteiger partial charge in [0, 0.05) is 6.54 Å². The van der Waals surface area contributed by atoms with E-state index in [2.05, 4.69) is 32.7 Å². The number of rotatable bonds is 1. The van der Waals surface area contributed by atoms with Crippen LogP contribution in [-0.2, 0) is 0 Å². The Kier molecular flexibility index (Phi) is 4.25. The molecule has 1 rings (SSSR count). The predicted octanol–water partition coefficient (Wildman–Crippen LogP) is 3.01. The molecule has 0 amide bonds. The van der Waals surface area contributed by atoms with Crippen LogP contribution in [0.3, 0.4) is 0 Å². The van der Waals surface area contributed by atoms with Crippen molar-refractivity contribution < 1.29 is 0 Å². The summed E-state index contributed by atoms with van der Waals surface area (Å²) in [6, 6.07) is 0. The number of likely N-dealkylation sites (tertiary alicyclic amines) is 1. The van der Waals surface area contributed by atoms with Crippen LogP contribution >= 0.6 is 0 Å². The molecule has 1 unspecified atom stereocenters. The van der Waals surface area contributed by atoms with Crippen LogP contribution in [0.15, 0.2) is 0 Å². The lowest BCUT2D eigenvalue weighted by Crippen LogP contribution is -2.17. The number of nitrogens with zero attached hydrogens (tertiary/aromatic N) is 1. The summed E-state index contributed by atoms with van der Waals surface area (Å²) in [5, 5.41) is 0. The van der Waals surface area contributed by atoms with Gasteiger partial charge in [-0.3, -0.25) is 0 Å². The maximum Gasteiger partial charge on any atom is 0.000728 e. The molecule has 0 saturated carbocycles. The van der Waals surface area contributed by atoms with Gasteiger partial charge in [0.15, 0.2) is 0 Å². The van der Waals surface area contributed by atoms with Crippen LogP contribution in [0, 0.1) is 11.3 Å². The van der Waals surface area contributed by atoms with Crippen molar-refractivity contribution in [3.8, 4) is 0 Å². The third kappa shape index (κ3) is 4.10. The first-order chi connectivity index (χ1) is 4.97. The van der Waals surface area contributed by atoms with E-state index in [1.165, 1.54) is 25.9 Å². The van der Waals surface area contributed by atoms with E-state index < -0.39 is 0 Å². The van der Waals surface area contributed by atoms with Crippen molar-refractivity contribution in [3.05, 3.63) is 0 Å². The van der Waals surface area contributed by atoms with Crippen molar-refractivity contribution in [3.63, 3.8) is 0 Å². The number of hydrogen-bond acceptors (Lipinski definition) is 1. The molecule has 74 valence electrons. The van der Waals surface area contributed by atoms with Gasteiger partial charge in [-0.2, -0.15) is 0 Å². The van der Waals surface area contributed by atoms with Gasteiger partial charge in [0.1, 0.15) is 0 Å². The highest BCUT2D eigenvalue weighted by Crippen LogP contribution is 2.29. The molecule has 0 aromatic heterocycles. The topological polar surface area (TPSA) is 3.24 Å². The van der Waals surface area contributed by atoms with Crippen molar-refractivity contribution in [2.24, 2.45) is 11.3 Å². The fraction of sp³-hybridized carbons (Fsp3) is 1.00. The zero-order valence-electron chi connectivity index (χ0n) is 8.35. The van der Waals surface area contributed by atoms with Gasteiger partial charge >= 0.3 is 0 Å². The molecular weight excluding hydrogens is 146 g/mol. The van der Waals surface area contributed by atoms with Crippen LogP contribution in [0.4, 0.5) is 0 Å². The highest BCUT2D eigenvalue weighted by atomic mass is 15.1. The van der Waals surface area contributed by atoms with E-state index in [-0.39, 0.29) is 7.43 Å². The van der Waals surface area contributed by atoms with E-state index in [1.54, 1.807) is 0 Å². The summed E-state index contributed by atoms with van der Waals surface area (Å²) in [5.41, 5.74) is 0.524. The molecule has 1 saturated heterocycles. The summed E-state index contributed by atoms with van der Waals surface area (Å²) in [6.45, 7) is 9.64. The highest BCUT2D eigenvalue weighted by molar-refractivity contribution is 4.77. The van der Waals surface area contributed by atoms with E-state index in [1.807, 2.05) is 0 Å². The minimum atomic E-state index is 0. The SMILES string of the molecule is C.CN1CCC(CC(C)(C)C)C1. The van der Waals surface area contributed by atoms with Gasteiger partial charge in [0.05, 0.1) is 0 Å². The Morgan fingerprint density at radius 1 is 1.33 bits per heavy atom. The van der Waals surface area contributed by atoms with Gasteiger partial charge in [0.2, 0.25) is 0 Å². The van der Waals surface area contributed by atoms with Crippen molar-refractivity contribution in [2.75, 3.05) is 20.1 Å². The highest BCUT2D eigenvalue weighted by Gasteiger charge is 2.24. The molecule has 1 aliphatic heterocycles. The van der Waals surface area contributed by atoms with Crippen LogP contribution in [0.5, 0.6) is 0 Å². The molecule has 1 heteroatoms. The van der Waals surface area contributed by atoms with Crippen LogP contribution < -0.4 is 0 Å². The maximum atomic E-state index is 2.44. The number of hydrogen-bond donors (Lipinski definition) is 0. The first-order valence-corrected chi connectivity index (χ1v) is 4.66. The smallest absolute Gasteiger partial charge is 0.000728 e. The summed E-state index contributed by atoms with van der Waals surface area (Å²) < 4.78 is 0. The molecule has 0 spiro atoms. The zero-order chi connectivity index (χ0) is 8.48. The van der Waals surface area contributed by atoms with Gasteiger partial charge in [-0.05, 0) is 37.8 Å². The second kappa shape index (κ2) is 4.27. The minimum absolute atomic E-state index is 0. The standard InChI is InChI=1S/C10H21N.CH4/c1-10(2,3)7-9-5-6-11(4)8-9;/h9H,5-8H2,1-4H3;1H4. The van der Waals surface area contributed by atoms with Gasteiger partial charge in [-0.1, -0.05) is 28.2 Å². The fourth-order valence-corrected chi connectivity index (χ4v) is 2.06. The fourth-order valence-electron chi connectivity index (χ4n) is 2.06. The summed E-state index contributed by atoms with van der Waals surface area (Å²) in [5.74, 6) is 0.958.